The maximum atomic E-state index is 12.3. The summed E-state index contributed by atoms with van der Waals surface area (Å²) in [5.74, 6) is -0.880. The summed E-state index contributed by atoms with van der Waals surface area (Å²) in [4.78, 5) is 29.8. The van der Waals surface area contributed by atoms with Crippen LogP contribution in [-0.2, 0) is 16.0 Å². The van der Waals surface area contributed by atoms with E-state index < -0.39 is 23.1 Å². The van der Waals surface area contributed by atoms with E-state index in [1.807, 2.05) is 6.07 Å². The minimum absolute atomic E-state index is 0.159. The van der Waals surface area contributed by atoms with Gasteiger partial charge in [-0.25, -0.2) is 4.79 Å². The van der Waals surface area contributed by atoms with Gasteiger partial charge in [-0.1, -0.05) is 6.07 Å². The van der Waals surface area contributed by atoms with Crippen molar-refractivity contribution in [1.29, 1.82) is 0 Å². The Hall–Kier alpha value is -2.11. The summed E-state index contributed by atoms with van der Waals surface area (Å²) < 4.78 is 5.38. The van der Waals surface area contributed by atoms with E-state index in [9.17, 15) is 14.7 Å². The van der Waals surface area contributed by atoms with E-state index in [4.69, 9.17) is 4.74 Å². The number of likely N-dealkylation sites (tertiary alicyclic amines) is 1. The molecule has 0 saturated carbocycles. The van der Waals surface area contributed by atoms with Crippen LogP contribution in [-0.4, -0.2) is 45.7 Å². The van der Waals surface area contributed by atoms with Crippen LogP contribution in [0, 0.1) is 5.41 Å². The van der Waals surface area contributed by atoms with Gasteiger partial charge in [0.25, 0.3) is 0 Å². The van der Waals surface area contributed by atoms with E-state index in [-0.39, 0.29) is 6.54 Å². The number of carbonyl (C=O) groups excluding carboxylic acids is 1. The molecular formula is C17H24N2O4. The van der Waals surface area contributed by atoms with E-state index >= 15 is 0 Å². The van der Waals surface area contributed by atoms with E-state index in [2.05, 4.69) is 4.98 Å². The number of pyridine rings is 1. The number of carboxylic acids is 1. The molecule has 1 saturated heterocycles. The Bertz CT molecular complexity index is 568. The zero-order valence-corrected chi connectivity index (χ0v) is 13.9. The first kappa shape index (κ1) is 17.2. The summed E-state index contributed by atoms with van der Waals surface area (Å²) in [5.41, 5.74) is -0.719. The van der Waals surface area contributed by atoms with Gasteiger partial charge in [0.15, 0.2) is 0 Å². The van der Waals surface area contributed by atoms with Crippen LogP contribution in [0.2, 0.25) is 0 Å². The number of nitrogens with zero attached hydrogens (tertiary/aromatic N) is 2. The van der Waals surface area contributed by atoms with Crippen LogP contribution < -0.4 is 0 Å². The maximum absolute atomic E-state index is 12.3. The second-order valence-electron chi connectivity index (χ2n) is 7.13. The predicted molar refractivity (Wildman–Crippen MR) is 85.1 cm³/mol. The van der Waals surface area contributed by atoms with Crippen molar-refractivity contribution >= 4 is 12.1 Å². The van der Waals surface area contributed by atoms with Crippen molar-refractivity contribution in [2.45, 2.75) is 45.6 Å². The van der Waals surface area contributed by atoms with Crippen molar-refractivity contribution < 1.29 is 19.4 Å². The zero-order chi connectivity index (χ0) is 17.1. The zero-order valence-electron chi connectivity index (χ0n) is 13.9. The number of ether oxygens (including phenoxy) is 1. The second-order valence-corrected chi connectivity index (χ2v) is 7.13. The summed E-state index contributed by atoms with van der Waals surface area (Å²) in [6.45, 7) is 6.09. The molecule has 1 N–H and O–H groups in total. The van der Waals surface area contributed by atoms with Crippen LogP contribution in [0.4, 0.5) is 4.79 Å². The fraction of sp³-hybridized carbons (Fsp3) is 0.588. The van der Waals surface area contributed by atoms with Crippen LogP contribution in [0.1, 0.15) is 39.2 Å². The molecule has 0 spiro atoms. The minimum Gasteiger partial charge on any atom is -0.481 e. The van der Waals surface area contributed by atoms with E-state index in [0.29, 0.717) is 25.8 Å². The molecule has 6 heteroatoms. The van der Waals surface area contributed by atoms with Crippen LogP contribution >= 0.6 is 0 Å². The highest BCUT2D eigenvalue weighted by molar-refractivity contribution is 5.77. The molecule has 1 fully saturated rings. The lowest BCUT2D eigenvalue weighted by atomic mass is 9.75. The molecule has 1 aliphatic rings. The number of piperidine rings is 1. The molecule has 23 heavy (non-hydrogen) atoms. The lowest BCUT2D eigenvalue weighted by molar-refractivity contribution is -0.152. The van der Waals surface area contributed by atoms with Gasteiger partial charge in [0.1, 0.15) is 5.60 Å². The number of rotatable bonds is 3. The molecule has 0 radical (unpaired) electrons. The SMILES string of the molecule is CC(C)(C)OC(=O)N1CCC[C@](Cc2cccnc2)(C(=O)O)C1. The average molecular weight is 320 g/mol. The number of carbonyl (C=O) groups is 2. The summed E-state index contributed by atoms with van der Waals surface area (Å²) in [7, 11) is 0. The smallest absolute Gasteiger partial charge is 0.410 e. The van der Waals surface area contributed by atoms with Crippen molar-refractivity contribution in [3.8, 4) is 0 Å². The number of hydrogen-bond donors (Lipinski definition) is 1. The van der Waals surface area contributed by atoms with Gasteiger partial charge in [-0.2, -0.15) is 0 Å². The van der Waals surface area contributed by atoms with Gasteiger partial charge in [-0.3, -0.25) is 9.78 Å². The molecule has 6 nitrogen and oxygen atoms in total. The largest absolute Gasteiger partial charge is 0.481 e. The molecular weight excluding hydrogens is 296 g/mol. The average Bonchev–Trinajstić information content (AvgIpc) is 2.46. The molecule has 126 valence electrons. The molecule has 1 atom stereocenters. The monoisotopic (exact) mass is 320 g/mol. The van der Waals surface area contributed by atoms with Gasteiger partial charge in [0.2, 0.25) is 0 Å². The normalized spacial score (nSPS) is 21.8. The molecule has 0 bridgehead atoms. The number of hydrogen-bond acceptors (Lipinski definition) is 4. The molecule has 1 aromatic rings. The first-order valence-corrected chi connectivity index (χ1v) is 7.82. The highest BCUT2D eigenvalue weighted by Crippen LogP contribution is 2.34. The lowest BCUT2D eigenvalue weighted by Gasteiger charge is -2.40. The van der Waals surface area contributed by atoms with Crippen LogP contribution in [0.5, 0.6) is 0 Å². The summed E-state index contributed by atoms with van der Waals surface area (Å²) >= 11 is 0. The van der Waals surface area contributed by atoms with Crippen LogP contribution in [0.15, 0.2) is 24.5 Å². The van der Waals surface area contributed by atoms with Crippen molar-refractivity contribution in [2.75, 3.05) is 13.1 Å². The van der Waals surface area contributed by atoms with Gasteiger partial charge in [0.05, 0.1) is 5.41 Å². The third kappa shape index (κ3) is 4.43. The van der Waals surface area contributed by atoms with Crippen molar-refractivity contribution in [3.63, 3.8) is 0 Å². The van der Waals surface area contributed by atoms with Crippen molar-refractivity contribution in [3.05, 3.63) is 30.1 Å². The highest BCUT2D eigenvalue weighted by Gasteiger charge is 2.44. The topological polar surface area (TPSA) is 79.7 Å². The van der Waals surface area contributed by atoms with Crippen LogP contribution in [0.3, 0.4) is 0 Å². The Balaban J connectivity index is 2.17. The fourth-order valence-electron chi connectivity index (χ4n) is 2.90. The summed E-state index contributed by atoms with van der Waals surface area (Å²) in [6, 6.07) is 3.66. The molecule has 2 rings (SSSR count). The second kappa shape index (κ2) is 6.56. The molecule has 2 heterocycles. The van der Waals surface area contributed by atoms with E-state index in [1.54, 1.807) is 39.2 Å². The summed E-state index contributed by atoms with van der Waals surface area (Å²) in [6.07, 6.45) is 4.42. The number of aromatic nitrogens is 1. The Morgan fingerprint density at radius 3 is 2.74 bits per heavy atom. The maximum Gasteiger partial charge on any atom is 0.410 e. The predicted octanol–water partition coefficient (Wildman–Crippen LogP) is 2.73. The fourth-order valence-corrected chi connectivity index (χ4v) is 2.90. The first-order chi connectivity index (χ1) is 10.7. The number of carboxylic acid groups (broad SMARTS) is 1. The standard InChI is InChI=1S/C17H24N2O4/c1-16(2,3)23-15(22)19-9-5-7-17(12-19,14(20)21)10-13-6-4-8-18-11-13/h4,6,8,11H,5,7,9-10,12H2,1-3H3,(H,20,21)/t17-/m1/s1. The molecule has 1 amide bonds. The lowest BCUT2D eigenvalue weighted by Crippen LogP contribution is -2.52. The molecule has 0 aliphatic carbocycles. The Morgan fingerprint density at radius 1 is 1.43 bits per heavy atom. The van der Waals surface area contributed by atoms with Gasteiger partial charge >= 0.3 is 12.1 Å². The van der Waals surface area contributed by atoms with Crippen molar-refractivity contribution in [2.24, 2.45) is 5.41 Å². The Morgan fingerprint density at radius 2 is 2.17 bits per heavy atom. The van der Waals surface area contributed by atoms with Gasteiger partial charge in [-0.05, 0) is 51.7 Å². The van der Waals surface area contributed by atoms with Gasteiger partial charge < -0.3 is 14.7 Å². The van der Waals surface area contributed by atoms with E-state index in [0.717, 1.165) is 5.56 Å². The van der Waals surface area contributed by atoms with Crippen LogP contribution in [0.25, 0.3) is 0 Å². The molecule has 1 aliphatic heterocycles. The van der Waals surface area contributed by atoms with Crippen molar-refractivity contribution in [1.82, 2.24) is 9.88 Å². The molecule has 0 unspecified atom stereocenters. The minimum atomic E-state index is -0.988. The Kier molecular flexibility index (Phi) is 4.92. The van der Waals surface area contributed by atoms with Gasteiger partial charge in [-0.15, -0.1) is 0 Å². The Labute approximate surface area is 136 Å². The van der Waals surface area contributed by atoms with Gasteiger partial charge in [0, 0.05) is 25.5 Å². The van der Waals surface area contributed by atoms with E-state index in [1.165, 1.54) is 4.90 Å². The molecule has 0 aromatic carbocycles. The quantitative estimate of drug-likeness (QED) is 0.926. The number of amides is 1. The molecule has 1 aromatic heterocycles. The number of aliphatic carboxylic acids is 1. The third-order valence-electron chi connectivity index (χ3n) is 3.95. The summed E-state index contributed by atoms with van der Waals surface area (Å²) in [5, 5.41) is 9.78. The highest BCUT2D eigenvalue weighted by atomic mass is 16.6. The first-order valence-electron chi connectivity index (χ1n) is 7.82. The third-order valence-corrected chi connectivity index (χ3v) is 3.95.